The third-order valence-corrected chi connectivity index (χ3v) is 2.19. The molecule has 1 aromatic carbocycles. The number of nitro benzene ring substituents is 1. The van der Waals surface area contributed by atoms with E-state index in [2.05, 4.69) is 5.32 Å². The average molecular weight is 260 g/mol. The van der Waals surface area contributed by atoms with Gasteiger partial charge in [-0.15, -0.1) is 0 Å². The quantitative estimate of drug-likeness (QED) is 0.631. The summed E-state index contributed by atoms with van der Waals surface area (Å²) in [6.07, 6.45) is 0. The predicted octanol–water partition coefficient (Wildman–Crippen LogP) is 2.71. The van der Waals surface area contributed by atoms with Gasteiger partial charge < -0.3 is 10.1 Å². The Hall–Kier alpha value is -1.76. The molecule has 0 aromatic heterocycles. The second kappa shape index (κ2) is 6.25. The number of ether oxygens (including phenoxy) is 1. The largest absolute Gasteiger partial charge is 0.380 e. The monoisotopic (exact) mass is 260 g/mol. The van der Waals surface area contributed by atoms with Gasteiger partial charge in [-0.25, -0.2) is 8.78 Å². The van der Waals surface area contributed by atoms with Crippen LogP contribution in [0, 0.1) is 21.7 Å². The highest BCUT2D eigenvalue weighted by atomic mass is 19.1. The van der Waals surface area contributed by atoms with E-state index in [1.54, 1.807) is 13.8 Å². The van der Waals surface area contributed by atoms with E-state index in [4.69, 9.17) is 4.74 Å². The summed E-state index contributed by atoms with van der Waals surface area (Å²) in [6.45, 7) is 4.24. The minimum atomic E-state index is -0.995. The zero-order valence-corrected chi connectivity index (χ0v) is 10.1. The van der Waals surface area contributed by atoms with E-state index in [-0.39, 0.29) is 18.3 Å². The first-order valence-corrected chi connectivity index (χ1v) is 5.43. The van der Waals surface area contributed by atoms with Gasteiger partial charge in [0.1, 0.15) is 11.5 Å². The van der Waals surface area contributed by atoms with Crippen molar-refractivity contribution in [1.82, 2.24) is 0 Å². The fraction of sp³-hybridized carbons (Fsp3) is 0.455. The zero-order valence-electron chi connectivity index (χ0n) is 10.1. The smallest absolute Gasteiger partial charge is 0.298 e. The standard InChI is InChI=1S/C11H14F2N2O3/c1-3-18-6-7(2)14-11-9(13)4-8(12)5-10(11)15(16)17/h4-5,7,14H,3,6H2,1-2H3. The summed E-state index contributed by atoms with van der Waals surface area (Å²) in [4.78, 5) is 9.89. The third-order valence-electron chi connectivity index (χ3n) is 2.19. The summed E-state index contributed by atoms with van der Waals surface area (Å²) >= 11 is 0. The Morgan fingerprint density at radius 3 is 2.72 bits per heavy atom. The van der Waals surface area contributed by atoms with Gasteiger partial charge in [-0.1, -0.05) is 0 Å². The predicted molar refractivity (Wildman–Crippen MR) is 62.6 cm³/mol. The van der Waals surface area contributed by atoms with Crippen LogP contribution in [0.15, 0.2) is 12.1 Å². The summed E-state index contributed by atoms with van der Waals surface area (Å²) in [5.41, 5.74) is -0.954. The van der Waals surface area contributed by atoms with Crippen molar-refractivity contribution < 1.29 is 18.4 Å². The lowest BCUT2D eigenvalue weighted by molar-refractivity contribution is -0.384. The fourth-order valence-corrected chi connectivity index (χ4v) is 1.43. The van der Waals surface area contributed by atoms with E-state index >= 15 is 0 Å². The number of halogens is 2. The molecule has 5 nitrogen and oxygen atoms in total. The van der Waals surface area contributed by atoms with Gasteiger partial charge in [0.15, 0.2) is 5.82 Å². The number of benzene rings is 1. The molecule has 0 saturated heterocycles. The fourth-order valence-electron chi connectivity index (χ4n) is 1.43. The Kier molecular flexibility index (Phi) is 4.96. The van der Waals surface area contributed by atoms with Crippen LogP contribution in [0.4, 0.5) is 20.2 Å². The van der Waals surface area contributed by atoms with E-state index in [0.717, 1.165) is 0 Å². The van der Waals surface area contributed by atoms with Gasteiger partial charge in [-0.05, 0) is 13.8 Å². The number of nitrogens with one attached hydrogen (secondary N) is 1. The first-order valence-electron chi connectivity index (χ1n) is 5.43. The second-order valence-electron chi connectivity index (χ2n) is 3.74. The molecule has 0 heterocycles. The number of anilines is 1. The molecule has 0 aliphatic carbocycles. The first kappa shape index (κ1) is 14.3. The maximum absolute atomic E-state index is 13.5. The highest BCUT2D eigenvalue weighted by molar-refractivity contribution is 5.62. The minimum Gasteiger partial charge on any atom is -0.380 e. The molecule has 0 fully saturated rings. The molecule has 18 heavy (non-hydrogen) atoms. The highest BCUT2D eigenvalue weighted by Crippen LogP contribution is 2.29. The van der Waals surface area contributed by atoms with E-state index < -0.39 is 22.2 Å². The van der Waals surface area contributed by atoms with E-state index in [0.29, 0.717) is 18.7 Å². The molecule has 7 heteroatoms. The van der Waals surface area contributed by atoms with Crippen LogP contribution in [0.2, 0.25) is 0 Å². The van der Waals surface area contributed by atoms with Crippen LogP contribution in [0.25, 0.3) is 0 Å². The molecule has 0 radical (unpaired) electrons. The lowest BCUT2D eigenvalue weighted by Crippen LogP contribution is -2.23. The molecule has 1 atom stereocenters. The van der Waals surface area contributed by atoms with Crippen molar-refractivity contribution in [1.29, 1.82) is 0 Å². The van der Waals surface area contributed by atoms with E-state index in [1.807, 2.05) is 0 Å². The zero-order chi connectivity index (χ0) is 13.7. The van der Waals surface area contributed by atoms with Crippen LogP contribution >= 0.6 is 0 Å². The Labute approximate surface area is 103 Å². The molecular weight excluding hydrogens is 246 g/mol. The number of rotatable bonds is 6. The maximum Gasteiger partial charge on any atom is 0.298 e. The van der Waals surface area contributed by atoms with Crippen molar-refractivity contribution in [3.05, 3.63) is 33.9 Å². The molecule has 1 aromatic rings. The van der Waals surface area contributed by atoms with Crippen LogP contribution in [-0.4, -0.2) is 24.2 Å². The van der Waals surface area contributed by atoms with Crippen molar-refractivity contribution in [3.8, 4) is 0 Å². The van der Waals surface area contributed by atoms with Crippen molar-refractivity contribution in [2.45, 2.75) is 19.9 Å². The Morgan fingerprint density at radius 1 is 1.50 bits per heavy atom. The molecule has 0 aliphatic heterocycles. The SMILES string of the molecule is CCOCC(C)Nc1c(F)cc(F)cc1[N+](=O)[O-]. The van der Waals surface area contributed by atoms with Crippen LogP contribution in [-0.2, 0) is 4.74 Å². The summed E-state index contributed by atoms with van der Waals surface area (Å²) < 4.78 is 31.5. The molecular formula is C11H14F2N2O3. The Balaban J connectivity index is 2.96. The molecule has 1 N–H and O–H groups in total. The van der Waals surface area contributed by atoms with Crippen molar-refractivity contribution >= 4 is 11.4 Å². The summed E-state index contributed by atoms with van der Waals surface area (Å²) in [7, 11) is 0. The van der Waals surface area contributed by atoms with Crippen LogP contribution in [0.5, 0.6) is 0 Å². The van der Waals surface area contributed by atoms with Gasteiger partial charge in [-0.2, -0.15) is 0 Å². The number of nitrogens with zero attached hydrogens (tertiary/aromatic N) is 1. The van der Waals surface area contributed by atoms with Gasteiger partial charge in [0.2, 0.25) is 0 Å². The van der Waals surface area contributed by atoms with Crippen LogP contribution in [0.3, 0.4) is 0 Å². The Morgan fingerprint density at radius 2 is 2.17 bits per heavy atom. The van der Waals surface area contributed by atoms with E-state index in [9.17, 15) is 18.9 Å². The van der Waals surface area contributed by atoms with Gasteiger partial charge in [0.25, 0.3) is 5.69 Å². The minimum absolute atomic E-state index is 0.268. The molecule has 0 bridgehead atoms. The second-order valence-corrected chi connectivity index (χ2v) is 3.74. The molecule has 0 spiro atoms. The molecule has 0 saturated carbocycles. The van der Waals surface area contributed by atoms with Crippen molar-refractivity contribution in [3.63, 3.8) is 0 Å². The molecule has 1 rings (SSSR count). The number of hydrogen-bond acceptors (Lipinski definition) is 4. The maximum atomic E-state index is 13.5. The van der Waals surface area contributed by atoms with E-state index in [1.165, 1.54) is 0 Å². The lowest BCUT2D eigenvalue weighted by atomic mass is 10.2. The highest BCUT2D eigenvalue weighted by Gasteiger charge is 2.21. The lowest BCUT2D eigenvalue weighted by Gasteiger charge is -2.15. The van der Waals surface area contributed by atoms with Gasteiger partial charge in [-0.3, -0.25) is 10.1 Å². The summed E-state index contributed by atoms with van der Waals surface area (Å²) in [6, 6.07) is 0.949. The number of hydrogen-bond donors (Lipinski definition) is 1. The molecule has 0 amide bonds. The number of nitro groups is 1. The average Bonchev–Trinajstić information content (AvgIpc) is 2.29. The normalized spacial score (nSPS) is 12.2. The first-order chi connectivity index (χ1) is 8.45. The third kappa shape index (κ3) is 3.63. The van der Waals surface area contributed by atoms with Crippen LogP contribution < -0.4 is 5.32 Å². The van der Waals surface area contributed by atoms with Crippen molar-refractivity contribution in [2.75, 3.05) is 18.5 Å². The van der Waals surface area contributed by atoms with Crippen LogP contribution in [0.1, 0.15) is 13.8 Å². The van der Waals surface area contributed by atoms with Crippen molar-refractivity contribution in [2.24, 2.45) is 0 Å². The van der Waals surface area contributed by atoms with Gasteiger partial charge >= 0.3 is 0 Å². The Bertz CT molecular complexity index is 441. The summed E-state index contributed by atoms with van der Waals surface area (Å²) in [5, 5.41) is 13.3. The topological polar surface area (TPSA) is 64.4 Å². The molecule has 0 aliphatic rings. The molecule has 1 unspecified atom stereocenters. The van der Waals surface area contributed by atoms with Gasteiger partial charge in [0.05, 0.1) is 17.6 Å². The molecule has 100 valence electrons. The summed E-state index contributed by atoms with van der Waals surface area (Å²) in [5.74, 6) is -1.98. The van der Waals surface area contributed by atoms with Gasteiger partial charge in [0, 0.05) is 18.7 Å².